The van der Waals surface area contributed by atoms with E-state index in [0.717, 1.165) is 22.4 Å². The van der Waals surface area contributed by atoms with Crippen molar-refractivity contribution in [1.82, 2.24) is 10.6 Å². The molecule has 2 amide bonds. The predicted molar refractivity (Wildman–Crippen MR) is 96.5 cm³/mol. The average molecular weight is 348 g/mol. The maximum Gasteiger partial charge on any atom is 0.315 e. The van der Waals surface area contributed by atoms with E-state index in [0.29, 0.717) is 6.54 Å². The molecule has 0 aliphatic carbocycles. The lowest BCUT2D eigenvalue weighted by atomic mass is 10.1. The van der Waals surface area contributed by atoms with Crippen molar-refractivity contribution in [3.05, 3.63) is 51.7 Å². The molecular weight excluding hydrogens is 324 g/mol. The molecule has 1 atom stereocenters. The number of hydrogen-bond acceptors (Lipinski definition) is 4. The van der Waals surface area contributed by atoms with Gasteiger partial charge in [-0.15, -0.1) is 0 Å². The van der Waals surface area contributed by atoms with E-state index in [1.807, 2.05) is 55.8 Å². The van der Waals surface area contributed by atoms with Crippen LogP contribution in [0.15, 0.2) is 35.0 Å². The van der Waals surface area contributed by atoms with Crippen molar-refractivity contribution >= 4 is 17.4 Å². The first kappa shape index (κ1) is 18.3. The highest BCUT2D eigenvalue weighted by Gasteiger charge is 2.11. The minimum absolute atomic E-state index is 0.0696. The summed E-state index contributed by atoms with van der Waals surface area (Å²) < 4.78 is 5.80. The molecule has 0 aliphatic heterocycles. The van der Waals surface area contributed by atoms with Crippen LogP contribution in [-0.2, 0) is 6.54 Å². The van der Waals surface area contributed by atoms with Crippen molar-refractivity contribution in [3.8, 4) is 5.75 Å². The van der Waals surface area contributed by atoms with E-state index in [-0.39, 0.29) is 18.7 Å². The zero-order chi connectivity index (χ0) is 17.5. The molecule has 0 bridgehead atoms. The first-order valence-corrected chi connectivity index (χ1v) is 8.88. The number of thiophene rings is 1. The first-order chi connectivity index (χ1) is 11.5. The van der Waals surface area contributed by atoms with Gasteiger partial charge in [-0.1, -0.05) is 12.1 Å². The molecule has 1 aromatic heterocycles. The van der Waals surface area contributed by atoms with E-state index in [4.69, 9.17) is 4.74 Å². The number of nitrogens with one attached hydrogen (secondary N) is 2. The van der Waals surface area contributed by atoms with Crippen LogP contribution >= 0.6 is 11.3 Å². The summed E-state index contributed by atoms with van der Waals surface area (Å²) in [5, 5.41) is 19.2. The van der Waals surface area contributed by atoms with Crippen molar-refractivity contribution in [3.63, 3.8) is 0 Å². The standard InChI is InChI=1S/C18H24N2O3S/c1-12(2)23-17-8-13(3)4-5-14(17)9-19-18(22)20-10-16(21)15-6-7-24-11-15/h4-8,11-12,16,21H,9-10H2,1-3H3,(H2,19,20,22). The summed E-state index contributed by atoms with van der Waals surface area (Å²) in [6.45, 7) is 6.48. The Balaban J connectivity index is 1.85. The Morgan fingerprint density at radius 2 is 2.08 bits per heavy atom. The summed E-state index contributed by atoms with van der Waals surface area (Å²) in [6.07, 6.45) is -0.624. The van der Waals surface area contributed by atoms with Crippen molar-refractivity contribution in [2.75, 3.05) is 6.54 Å². The molecule has 2 rings (SSSR count). The number of aliphatic hydroxyl groups is 1. The van der Waals surface area contributed by atoms with Crippen LogP contribution in [0.25, 0.3) is 0 Å². The van der Waals surface area contributed by atoms with Crippen molar-refractivity contribution < 1.29 is 14.6 Å². The Morgan fingerprint density at radius 1 is 1.29 bits per heavy atom. The summed E-state index contributed by atoms with van der Waals surface area (Å²) in [4.78, 5) is 11.9. The van der Waals surface area contributed by atoms with Gasteiger partial charge in [0.25, 0.3) is 0 Å². The fourth-order valence-electron chi connectivity index (χ4n) is 2.18. The molecule has 0 radical (unpaired) electrons. The fraction of sp³-hybridized carbons (Fsp3) is 0.389. The number of ether oxygens (including phenoxy) is 1. The van der Waals surface area contributed by atoms with E-state index < -0.39 is 6.10 Å². The van der Waals surface area contributed by atoms with Crippen LogP contribution < -0.4 is 15.4 Å². The number of carbonyl (C=O) groups excluding carboxylic acids is 1. The molecule has 1 heterocycles. The summed E-state index contributed by atoms with van der Waals surface area (Å²) in [7, 11) is 0. The summed E-state index contributed by atoms with van der Waals surface area (Å²) in [5.74, 6) is 0.781. The molecule has 2 aromatic rings. The van der Waals surface area contributed by atoms with Crippen LogP contribution in [0.1, 0.15) is 36.6 Å². The fourth-order valence-corrected chi connectivity index (χ4v) is 2.89. The third-order valence-electron chi connectivity index (χ3n) is 3.41. The molecule has 1 aromatic carbocycles. The maximum atomic E-state index is 11.9. The van der Waals surface area contributed by atoms with Gasteiger partial charge in [-0.3, -0.25) is 0 Å². The van der Waals surface area contributed by atoms with E-state index >= 15 is 0 Å². The lowest BCUT2D eigenvalue weighted by Gasteiger charge is -2.16. The van der Waals surface area contributed by atoms with Gasteiger partial charge in [-0.25, -0.2) is 4.79 Å². The minimum atomic E-state index is -0.693. The third-order valence-corrected chi connectivity index (χ3v) is 4.11. The molecule has 24 heavy (non-hydrogen) atoms. The Morgan fingerprint density at radius 3 is 2.75 bits per heavy atom. The van der Waals surface area contributed by atoms with Crippen LogP contribution in [0.5, 0.6) is 5.75 Å². The van der Waals surface area contributed by atoms with Crippen molar-refractivity contribution in [1.29, 1.82) is 0 Å². The molecule has 130 valence electrons. The third kappa shape index (κ3) is 5.54. The lowest BCUT2D eigenvalue weighted by Crippen LogP contribution is -2.37. The second-order valence-corrected chi connectivity index (χ2v) is 6.69. The van der Waals surface area contributed by atoms with Gasteiger partial charge in [-0.2, -0.15) is 11.3 Å². The van der Waals surface area contributed by atoms with Gasteiger partial charge in [0, 0.05) is 18.7 Å². The number of benzene rings is 1. The van der Waals surface area contributed by atoms with E-state index in [1.165, 1.54) is 11.3 Å². The molecule has 1 unspecified atom stereocenters. The van der Waals surface area contributed by atoms with Crippen LogP contribution in [0.4, 0.5) is 4.79 Å². The average Bonchev–Trinajstić information content (AvgIpc) is 3.05. The topological polar surface area (TPSA) is 70.6 Å². The smallest absolute Gasteiger partial charge is 0.315 e. The van der Waals surface area contributed by atoms with Gasteiger partial charge in [-0.05, 0) is 54.8 Å². The highest BCUT2D eigenvalue weighted by atomic mass is 32.1. The first-order valence-electron chi connectivity index (χ1n) is 7.93. The summed E-state index contributed by atoms with van der Waals surface area (Å²) in [6, 6.07) is 7.43. The highest BCUT2D eigenvalue weighted by molar-refractivity contribution is 7.07. The highest BCUT2D eigenvalue weighted by Crippen LogP contribution is 2.21. The normalized spacial score (nSPS) is 12.0. The zero-order valence-electron chi connectivity index (χ0n) is 14.2. The van der Waals surface area contributed by atoms with Crippen molar-refractivity contribution in [2.45, 2.75) is 39.5 Å². The molecule has 0 fully saturated rings. The maximum absolute atomic E-state index is 11.9. The number of rotatable bonds is 7. The summed E-state index contributed by atoms with van der Waals surface area (Å²) >= 11 is 1.51. The molecular formula is C18H24N2O3S. The largest absolute Gasteiger partial charge is 0.491 e. The number of urea groups is 1. The number of amides is 2. The van der Waals surface area contributed by atoms with E-state index in [1.54, 1.807) is 0 Å². The van der Waals surface area contributed by atoms with Crippen LogP contribution in [0.2, 0.25) is 0 Å². The second-order valence-electron chi connectivity index (χ2n) is 5.91. The lowest BCUT2D eigenvalue weighted by molar-refractivity contribution is 0.173. The van der Waals surface area contributed by atoms with Gasteiger partial charge < -0.3 is 20.5 Å². The van der Waals surface area contributed by atoms with Crippen LogP contribution in [0, 0.1) is 6.92 Å². The number of aliphatic hydroxyl groups excluding tert-OH is 1. The van der Waals surface area contributed by atoms with Crippen LogP contribution in [-0.4, -0.2) is 23.8 Å². The Hall–Kier alpha value is -2.05. The predicted octanol–water partition coefficient (Wildman–Crippen LogP) is 3.38. The molecule has 6 heteroatoms. The van der Waals surface area contributed by atoms with Gasteiger partial charge in [0.15, 0.2) is 0 Å². The Labute approximate surface area is 146 Å². The number of hydrogen-bond donors (Lipinski definition) is 3. The molecule has 3 N–H and O–H groups in total. The minimum Gasteiger partial charge on any atom is -0.491 e. The van der Waals surface area contributed by atoms with Gasteiger partial charge in [0.2, 0.25) is 0 Å². The van der Waals surface area contributed by atoms with Gasteiger partial charge >= 0.3 is 6.03 Å². The molecule has 0 aliphatic rings. The zero-order valence-corrected chi connectivity index (χ0v) is 15.0. The summed E-state index contributed by atoms with van der Waals surface area (Å²) in [5.41, 5.74) is 2.84. The van der Waals surface area contributed by atoms with E-state index in [2.05, 4.69) is 10.6 Å². The van der Waals surface area contributed by atoms with E-state index in [9.17, 15) is 9.90 Å². The Bertz CT molecular complexity index is 656. The van der Waals surface area contributed by atoms with Gasteiger partial charge in [0.1, 0.15) is 5.75 Å². The Kier molecular flexibility index (Phi) is 6.63. The molecule has 0 saturated carbocycles. The quantitative estimate of drug-likeness (QED) is 0.718. The monoisotopic (exact) mass is 348 g/mol. The van der Waals surface area contributed by atoms with Crippen LogP contribution in [0.3, 0.4) is 0 Å². The van der Waals surface area contributed by atoms with Crippen molar-refractivity contribution in [2.24, 2.45) is 0 Å². The second kappa shape index (κ2) is 8.70. The number of carbonyl (C=O) groups is 1. The van der Waals surface area contributed by atoms with Gasteiger partial charge in [0.05, 0.1) is 12.2 Å². The molecule has 5 nitrogen and oxygen atoms in total. The number of aryl methyl sites for hydroxylation is 1. The SMILES string of the molecule is Cc1ccc(CNC(=O)NCC(O)c2ccsc2)c(OC(C)C)c1. The molecule has 0 spiro atoms. The molecule has 0 saturated heterocycles.